The third-order valence-corrected chi connectivity index (χ3v) is 5.71. The fourth-order valence-electron chi connectivity index (χ4n) is 4.23. The Labute approximate surface area is 119 Å². The minimum absolute atomic E-state index is 0.286. The number of nitrogens with one attached hydrogen (secondary N) is 2. The summed E-state index contributed by atoms with van der Waals surface area (Å²) in [4.78, 5) is 11.7. The van der Waals surface area contributed by atoms with Crippen LogP contribution in [0, 0.1) is 23.2 Å². The average molecular weight is 277 g/mol. The molecule has 110 valence electrons. The average Bonchev–Trinajstić information content (AvgIpc) is 2.40. The zero-order valence-corrected chi connectivity index (χ0v) is 12.6. The maximum atomic E-state index is 11.7. The summed E-state index contributed by atoms with van der Waals surface area (Å²) >= 11 is 0. The van der Waals surface area contributed by atoms with Crippen LogP contribution in [-0.4, -0.2) is 23.3 Å². The summed E-state index contributed by atoms with van der Waals surface area (Å²) in [6.07, 6.45) is 4.13. The third kappa shape index (κ3) is 1.83. The molecule has 0 saturated heterocycles. The normalized spacial score (nSPS) is 34.2. The molecule has 3 fully saturated rings. The van der Waals surface area contributed by atoms with Gasteiger partial charge in [-0.1, -0.05) is 20.8 Å². The standard InChI is InChI=1S/C15H23N3O2/c1-8-10-5-9(15(10,2)3)6-11(8)17-12-7-16-18-14(19)13(12)20-4/h7-11H,5-6H2,1-4H3,(H2,17,18,19)/t8-,9+,10+,11+/m0/s1. The number of ether oxygens (including phenoxy) is 1. The molecule has 1 heterocycles. The minimum atomic E-state index is -0.286. The molecule has 3 saturated carbocycles. The molecule has 0 aromatic carbocycles. The second-order valence-electron chi connectivity index (χ2n) is 6.85. The summed E-state index contributed by atoms with van der Waals surface area (Å²) < 4.78 is 5.19. The number of H-pyrrole nitrogens is 1. The number of rotatable bonds is 3. The van der Waals surface area contributed by atoms with Gasteiger partial charge in [-0.25, -0.2) is 5.10 Å². The van der Waals surface area contributed by atoms with Gasteiger partial charge in [-0.3, -0.25) is 4.79 Å². The highest BCUT2D eigenvalue weighted by Crippen LogP contribution is 2.61. The molecule has 1 aromatic rings. The van der Waals surface area contributed by atoms with Gasteiger partial charge in [0.1, 0.15) is 5.69 Å². The topological polar surface area (TPSA) is 67.0 Å². The lowest BCUT2D eigenvalue weighted by atomic mass is 9.45. The summed E-state index contributed by atoms with van der Waals surface area (Å²) in [6.45, 7) is 7.08. The van der Waals surface area contributed by atoms with E-state index in [0.717, 1.165) is 18.3 Å². The van der Waals surface area contributed by atoms with Crippen LogP contribution in [0.1, 0.15) is 33.6 Å². The van der Waals surface area contributed by atoms with Crippen molar-refractivity contribution in [1.29, 1.82) is 0 Å². The van der Waals surface area contributed by atoms with Crippen LogP contribution in [0.25, 0.3) is 0 Å². The molecule has 3 aliphatic carbocycles. The summed E-state index contributed by atoms with van der Waals surface area (Å²) in [5, 5.41) is 9.74. The van der Waals surface area contributed by atoms with Crippen molar-refractivity contribution in [2.24, 2.45) is 23.2 Å². The SMILES string of the molecule is COc1c(N[C@@H]2C[C@H]3C[C@H]([C@@H]2C)C3(C)C)cn[nH]c1=O. The molecule has 2 bridgehead atoms. The van der Waals surface area contributed by atoms with Gasteiger partial charge in [0.25, 0.3) is 0 Å². The Hall–Kier alpha value is -1.52. The van der Waals surface area contributed by atoms with E-state index in [9.17, 15) is 4.79 Å². The Morgan fingerprint density at radius 3 is 2.80 bits per heavy atom. The molecule has 2 N–H and O–H groups in total. The van der Waals surface area contributed by atoms with E-state index < -0.39 is 0 Å². The Kier molecular flexibility index (Phi) is 3.03. The number of aromatic amines is 1. The Bertz CT molecular complexity index is 566. The molecule has 4 atom stereocenters. The first-order chi connectivity index (χ1) is 9.45. The molecule has 5 heteroatoms. The summed E-state index contributed by atoms with van der Waals surface area (Å²) in [6, 6.07) is 0.393. The largest absolute Gasteiger partial charge is 0.490 e. The number of fused-ring (bicyclic) bond motifs is 2. The van der Waals surface area contributed by atoms with Crippen LogP contribution in [-0.2, 0) is 0 Å². The molecule has 0 spiro atoms. The van der Waals surface area contributed by atoms with Crippen molar-refractivity contribution in [3.63, 3.8) is 0 Å². The number of hydrogen-bond acceptors (Lipinski definition) is 4. The van der Waals surface area contributed by atoms with Gasteiger partial charge in [-0.15, -0.1) is 0 Å². The van der Waals surface area contributed by atoms with Gasteiger partial charge in [-0.2, -0.15) is 5.10 Å². The van der Waals surface area contributed by atoms with Crippen LogP contribution < -0.4 is 15.6 Å². The molecule has 3 aliphatic rings. The van der Waals surface area contributed by atoms with Crippen LogP contribution in [0.15, 0.2) is 11.0 Å². The molecule has 0 amide bonds. The lowest BCUT2D eigenvalue weighted by Crippen LogP contribution is -2.58. The van der Waals surface area contributed by atoms with Crippen molar-refractivity contribution < 1.29 is 4.74 Å². The fourth-order valence-corrected chi connectivity index (χ4v) is 4.23. The number of hydrogen-bond donors (Lipinski definition) is 2. The van der Waals surface area contributed by atoms with Crippen LogP contribution in [0.3, 0.4) is 0 Å². The van der Waals surface area contributed by atoms with Crippen molar-refractivity contribution in [2.45, 2.75) is 39.7 Å². The minimum Gasteiger partial charge on any atom is -0.490 e. The molecule has 4 rings (SSSR count). The van der Waals surface area contributed by atoms with Gasteiger partial charge in [0.15, 0.2) is 0 Å². The van der Waals surface area contributed by atoms with Gasteiger partial charge < -0.3 is 10.1 Å². The van der Waals surface area contributed by atoms with E-state index in [2.05, 4.69) is 36.3 Å². The van der Waals surface area contributed by atoms with Gasteiger partial charge in [-0.05, 0) is 36.0 Å². The zero-order chi connectivity index (χ0) is 14.5. The monoisotopic (exact) mass is 277 g/mol. The molecule has 20 heavy (non-hydrogen) atoms. The van der Waals surface area contributed by atoms with E-state index in [1.165, 1.54) is 13.5 Å². The summed E-state index contributed by atoms with van der Waals surface area (Å²) in [7, 11) is 1.51. The first-order valence-electron chi connectivity index (χ1n) is 7.33. The highest BCUT2D eigenvalue weighted by Gasteiger charge is 2.56. The lowest BCUT2D eigenvalue weighted by Gasteiger charge is -2.62. The number of anilines is 1. The molecular weight excluding hydrogens is 254 g/mol. The first-order valence-corrected chi connectivity index (χ1v) is 7.33. The lowest BCUT2D eigenvalue weighted by molar-refractivity contribution is -0.105. The molecule has 1 aromatic heterocycles. The second kappa shape index (κ2) is 4.50. The number of aromatic nitrogens is 2. The van der Waals surface area contributed by atoms with Crippen molar-refractivity contribution in [2.75, 3.05) is 12.4 Å². The summed E-state index contributed by atoms with van der Waals surface area (Å²) in [5.41, 5.74) is 0.882. The predicted octanol–water partition coefficient (Wildman–Crippen LogP) is 2.26. The molecule has 0 aliphatic heterocycles. The molecule has 0 unspecified atom stereocenters. The maximum Gasteiger partial charge on any atom is 0.308 e. The van der Waals surface area contributed by atoms with Gasteiger partial charge in [0, 0.05) is 6.04 Å². The molecule has 5 nitrogen and oxygen atoms in total. The van der Waals surface area contributed by atoms with Gasteiger partial charge >= 0.3 is 5.56 Å². The quantitative estimate of drug-likeness (QED) is 0.889. The van der Waals surface area contributed by atoms with Crippen LogP contribution in [0.5, 0.6) is 5.75 Å². The van der Waals surface area contributed by atoms with E-state index in [-0.39, 0.29) is 5.56 Å². The third-order valence-electron chi connectivity index (χ3n) is 5.71. The van der Waals surface area contributed by atoms with Gasteiger partial charge in [0.05, 0.1) is 13.3 Å². The smallest absolute Gasteiger partial charge is 0.308 e. The van der Waals surface area contributed by atoms with E-state index in [0.29, 0.717) is 28.8 Å². The highest BCUT2D eigenvalue weighted by atomic mass is 16.5. The van der Waals surface area contributed by atoms with Crippen molar-refractivity contribution in [3.05, 3.63) is 16.6 Å². The zero-order valence-electron chi connectivity index (χ0n) is 12.6. The first kappa shape index (κ1) is 13.5. The van der Waals surface area contributed by atoms with E-state index in [1.54, 1.807) is 6.20 Å². The Morgan fingerprint density at radius 1 is 1.45 bits per heavy atom. The molecule has 0 radical (unpaired) electrons. The van der Waals surface area contributed by atoms with Crippen LogP contribution in [0.4, 0.5) is 5.69 Å². The van der Waals surface area contributed by atoms with E-state index >= 15 is 0 Å². The molecular formula is C15H23N3O2. The van der Waals surface area contributed by atoms with Crippen molar-refractivity contribution >= 4 is 5.69 Å². The van der Waals surface area contributed by atoms with Crippen molar-refractivity contribution in [1.82, 2.24) is 10.2 Å². The Morgan fingerprint density at radius 2 is 2.20 bits per heavy atom. The maximum absolute atomic E-state index is 11.7. The fraction of sp³-hybridized carbons (Fsp3) is 0.733. The summed E-state index contributed by atoms with van der Waals surface area (Å²) in [5.74, 6) is 2.46. The second-order valence-corrected chi connectivity index (χ2v) is 6.85. The van der Waals surface area contributed by atoms with Crippen LogP contribution >= 0.6 is 0 Å². The number of methoxy groups -OCH3 is 1. The van der Waals surface area contributed by atoms with Crippen molar-refractivity contribution in [3.8, 4) is 5.75 Å². The Balaban J connectivity index is 1.80. The van der Waals surface area contributed by atoms with E-state index in [1.807, 2.05) is 0 Å². The van der Waals surface area contributed by atoms with Crippen LogP contribution in [0.2, 0.25) is 0 Å². The number of nitrogens with zero attached hydrogens (tertiary/aromatic N) is 1. The highest BCUT2D eigenvalue weighted by molar-refractivity contribution is 5.54. The van der Waals surface area contributed by atoms with E-state index in [4.69, 9.17) is 4.74 Å². The van der Waals surface area contributed by atoms with Gasteiger partial charge in [0.2, 0.25) is 5.75 Å². The predicted molar refractivity (Wildman–Crippen MR) is 78.0 cm³/mol.